The standard InChI is InChI=1S/C15H11BrN2O3/c16-13-11(2-1-6-17-13)14(19)18-7-5-9-8-10(15(20)21)3-4-12(9)18/h1-4,6,8H,5,7H2,(H,20,21). The van der Waals surface area contributed by atoms with Gasteiger partial charge >= 0.3 is 5.97 Å². The lowest BCUT2D eigenvalue weighted by molar-refractivity contribution is 0.0696. The number of carbonyl (C=O) groups excluding carboxylic acids is 1. The van der Waals surface area contributed by atoms with Crippen LogP contribution in [0.3, 0.4) is 0 Å². The minimum Gasteiger partial charge on any atom is -0.478 e. The molecule has 106 valence electrons. The largest absolute Gasteiger partial charge is 0.478 e. The minimum atomic E-state index is -0.961. The maximum atomic E-state index is 12.6. The van der Waals surface area contributed by atoms with Gasteiger partial charge in [0.1, 0.15) is 4.60 Å². The number of rotatable bonds is 2. The molecule has 1 aromatic heterocycles. The van der Waals surface area contributed by atoms with E-state index in [9.17, 15) is 9.59 Å². The zero-order valence-corrected chi connectivity index (χ0v) is 12.5. The number of benzene rings is 1. The molecule has 0 saturated carbocycles. The molecule has 21 heavy (non-hydrogen) atoms. The van der Waals surface area contributed by atoms with Crippen LogP contribution in [0, 0.1) is 0 Å². The molecule has 0 saturated heterocycles. The van der Waals surface area contributed by atoms with Gasteiger partial charge in [0.05, 0.1) is 11.1 Å². The first-order valence-corrected chi connectivity index (χ1v) is 7.16. The Labute approximate surface area is 129 Å². The monoisotopic (exact) mass is 346 g/mol. The number of carboxylic acid groups (broad SMARTS) is 1. The molecule has 0 atom stereocenters. The third-order valence-corrected chi connectivity index (χ3v) is 4.09. The summed E-state index contributed by atoms with van der Waals surface area (Å²) in [5, 5.41) is 9.01. The van der Waals surface area contributed by atoms with Gasteiger partial charge in [0, 0.05) is 18.4 Å². The number of aromatic carboxylic acids is 1. The molecule has 0 aliphatic carbocycles. The number of carbonyl (C=O) groups is 2. The molecule has 1 aliphatic heterocycles. The molecule has 1 aromatic carbocycles. The first-order chi connectivity index (χ1) is 10.1. The number of anilines is 1. The average Bonchev–Trinajstić information content (AvgIpc) is 2.90. The van der Waals surface area contributed by atoms with Gasteiger partial charge in [-0.2, -0.15) is 0 Å². The zero-order valence-electron chi connectivity index (χ0n) is 10.9. The summed E-state index contributed by atoms with van der Waals surface area (Å²) in [4.78, 5) is 29.3. The van der Waals surface area contributed by atoms with Crippen molar-refractivity contribution in [3.8, 4) is 0 Å². The number of pyridine rings is 1. The molecule has 0 spiro atoms. The van der Waals surface area contributed by atoms with Gasteiger partial charge in [-0.05, 0) is 58.2 Å². The van der Waals surface area contributed by atoms with E-state index in [1.807, 2.05) is 0 Å². The molecule has 2 heterocycles. The number of hydrogen-bond donors (Lipinski definition) is 1. The summed E-state index contributed by atoms with van der Waals surface area (Å²) >= 11 is 3.28. The number of amides is 1. The van der Waals surface area contributed by atoms with Gasteiger partial charge in [-0.1, -0.05) is 0 Å². The van der Waals surface area contributed by atoms with Gasteiger partial charge in [0.15, 0.2) is 0 Å². The summed E-state index contributed by atoms with van der Waals surface area (Å²) in [5.74, 6) is -1.10. The Hall–Kier alpha value is -2.21. The van der Waals surface area contributed by atoms with Gasteiger partial charge in [0.2, 0.25) is 0 Å². The summed E-state index contributed by atoms with van der Waals surface area (Å²) in [6.07, 6.45) is 2.26. The Kier molecular flexibility index (Phi) is 3.47. The lowest BCUT2D eigenvalue weighted by Gasteiger charge is -2.17. The van der Waals surface area contributed by atoms with E-state index in [1.165, 1.54) is 6.07 Å². The van der Waals surface area contributed by atoms with Crippen LogP contribution < -0.4 is 4.90 Å². The zero-order chi connectivity index (χ0) is 15.0. The minimum absolute atomic E-state index is 0.142. The molecule has 5 nitrogen and oxygen atoms in total. The van der Waals surface area contributed by atoms with Crippen LogP contribution in [0.5, 0.6) is 0 Å². The van der Waals surface area contributed by atoms with E-state index >= 15 is 0 Å². The van der Waals surface area contributed by atoms with E-state index < -0.39 is 5.97 Å². The molecule has 0 radical (unpaired) electrons. The van der Waals surface area contributed by atoms with Crippen molar-refractivity contribution in [2.24, 2.45) is 0 Å². The molecule has 0 unspecified atom stereocenters. The van der Waals surface area contributed by atoms with Gasteiger partial charge in [-0.25, -0.2) is 9.78 Å². The fourth-order valence-corrected chi connectivity index (χ4v) is 2.86. The van der Waals surface area contributed by atoms with E-state index in [0.29, 0.717) is 23.1 Å². The van der Waals surface area contributed by atoms with Crippen LogP contribution in [0.4, 0.5) is 5.69 Å². The van der Waals surface area contributed by atoms with Crippen LogP contribution in [0.1, 0.15) is 26.3 Å². The summed E-state index contributed by atoms with van der Waals surface area (Å²) in [5.41, 5.74) is 2.38. The van der Waals surface area contributed by atoms with Gasteiger partial charge < -0.3 is 10.0 Å². The van der Waals surface area contributed by atoms with E-state index in [4.69, 9.17) is 5.11 Å². The molecule has 6 heteroatoms. The van der Waals surface area contributed by atoms with Crippen LogP contribution in [-0.2, 0) is 6.42 Å². The second-order valence-electron chi connectivity index (χ2n) is 4.70. The van der Waals surface area contributed by atoms with Crippen molar-refractivity contribution in [2.45, 2.75) is 6.42 Å². The first-order valence-electron chi connectivity index (χ1n) is 6.36. The van der Waals surface area contributed by atoms with Crippen molar-refractivity contribution in [1.82, 2.24) is 4.98 Å². The normalized spacial score (nSPS) is 13.1. The van der Waals surface area contributed by atoms with Gasteiger partial charge in [-0.15, -0.1) is 0 Å². The maximum Gasteiger partial charge on any atom is 0.335 e. The fourth-order valence-electron chi connectivity index (χ4n) is 2.44. The van der Waals surface area contributed by atoms with Gasteiger partial charge in [0.25, 0.3) is 5.91 Å². The SMILES string of the molecule is O=C(O)c1ccc2c(c1)CCN2C(=O)c1cccnc1Br. The van der Waals surface area contributed by atoms with Crippen LogP contribution in [0.25, 0.3) is 0 Å². The van der Waals surface area contributed by atoms with Crippen LogP contribution in [-0.4, -0.2) is 28.5 Å². The maximum absolute atomic E-state index is 12.6. The molecule has 2 aromatic rings. The molecule has 1 amide bonds. The molecular weight excluding hydrogens is 336 g/mol. The highest BCUT2D eigenvalue weighted by atomic mass is 79.9. The van der Waals surface area contributed by atoms with E-state index in [0.717, 1.165) is 11.3 Å². The fraction of sp³-hybridized carbons (Fsp3) is 0.133. The Balaban J connectivity index is 1.96. The number of nitrogens with zero attached hydrogens (tertiary/aromatic N) is 2. The highest BCUT2D eigenvalue weighted by Crippen LogP contribution is 2.31. The highest BCUT2D eigenvalue weighted by Gasteiger charge is 2.27. The van der Waals surface area contributed by atoms with Gasteiger partial charge in [-0.3, -0.25) is 4.79 Å². The van der Waals surface area contributed by atoms with Crippen LogP contribution >= 0.6 is 15.9 Å². The number of fused-ring (bicyclic) bond motifs is 1. The van der Waals surface area contributed by atoms with Crippen molar-refractivity contribution >= 4 is 33.5 Å². The Morgan fingerprint density at radius 3 is 2.81 bits per heavy atom. The van der Waals surface area contributed by atoms with E-state index in [2.05, 4.69) is 20.9 Å². The number of carboxylic acids is 1. The molecular formula is C15H11BrN2O3. The van der Waals surface area contributed by atoms with E-state index in [-0.39, 0.29) is 11.5 Å². The third-order valence-electron chi connectivity index (χ3n) is 3.46. The predicted molar refractivity (Wildman–Crippen MR) is 80.7 cm³/mol. The second-order valence-corrected chi connectivity index (χ2v) is 5.45. The molecule has 1 N–H and O–H groups in total. The third kappa shape index (κ3) is 2.42. The Bertz CT molecular complexity index is 745. The molecule has 0 bridgehead atoms. The van der Waals surface area contributed by atoms with Crippen molar-refractivity contribution in [3.05, 3.63) is 57.8 Å². The molecule has 3 rings (SSSR count). The Morgan fingerprint density at radius 2 is 2.10 bits per heavy atom. The van der Waals surface area contributed by atoms with Crippen molar-refractivity contribution in [3.63, 3.8) is 0 Å². The topological polar surface area (TPSA) is 70.5 Å². The van der Waals surface area contributed by atoms with Crippen molar-refractivity contribution < 1.29 is 14.7 Å². The average molecular weight is 347 g/mol. The lowest BCUT2D eigenvalue weighted by Crippen LogP contribution is -2.29. The number of hydrogen-bond acceptors (Lipinski definition) is 3. The molecule has 1 aliphatic rings. The number of aromatic nitrogens is 1. The Morgan fingerprint density at radius 1 is 1.29 bits per heavy atom. The van der Waals surface area contributed by atoms with Crippen molar-refractivity contribution in [1.29, 1.82) is 0 Å². The lowest BCUT2D eigenvalue weighted by atomic mass is 10.1. The van der Waals surface area contributed by atoms with Crippen LogP contribution in [0.15, 0.2) is 41.1 Å². The predicted octanol–water partition coefficient (Wildman–Crippen LogP) is 2.75. The summed E-state index contributed by atoms with van der Waals surface area (Å²) in [6, 6.07) is 8.26. The number of halogens is 1. The summed E-state index contributed by atoms with van der Waals surface area (Å²) in [6.45, 7) is 0.540. The first kappa shape index (κ1) is 13.8. The molecule has 0 fully saturated rings. The van der Waals surface area contributed by atoms with Crippen molar-refractivity contribution in [2.75, 3.05) is 11.4 Å². The second kappa shape index (κ2) is 5.29. The van der Waals surface area contributed by atoms with E-state index in [1.54, 1.807) is 35.4 Å². The smallest absolute Gasteiger partial charge is 0.335 e. The quantitative estimate of drug-likeness (QED) is 0.848. The van der Waals surface area contributed by atoms with Crippen LogP contribution in [0.2, 0.25) is 0 Å². The summed E-state index contributed by atoms with van der Waals surface area (Å²) < 4.78 is 0.505. The highest BCUT2D eigenvalue weighted by molar-refractivity contribution is 9.10. The summed E-state index contributed by atoms with van der Waals surface area (Å²) in [7, 11) is 0.